The Morgan fingerprint density at radius 3 is 2.62 bits per heavy atom. The standard InChI is InChI=1S/C12H17N3O/c1-8-5-9(2)15-11(10(8)6-13)14-7-12(3,4)16/h5,16H,7H2,1-4H3,(H,14,15). The molecule has 0 radical (unpaired) electrons. The minimum Gasteiger partial charge on any atom is -0.389 e. The lowest BCUT2D eigenvalue weighted by Crippen LogP contribution is -2.30. The van der Waals surface area contributed by atoms with Gasteiger partial charge in [-0.25, -0.2) is 4.98 Å². The van der Waals surface area contributed by atoms with Gasteiger partial charge in [-0.3, -0.25) is 0 Å². The van der Waals surface area contributed by atoms with Gasteiger partial charge in [0.15, 0.2) is 0 Å². The summed E-state index contributed by atoms with van der Waals surface area (Å²) in [5, 5.41) is 21.6. The lowest BCUT2D eigenvalue weighted by Gasteiger charge is -2.19. The van der Waals surface area contributed by atoms with E-state index in [0.717, 1.165) is 11.3 Å². The zero-order chi connectivity index (χ0) is 12.3. The molecule has 1 heterocycles. The molecule has 0 aliphatic carbocycles. The van der Waals surface area contributed by atoms with Crippen molar-refractivity contribution >= 4 is 5.82 Å². The fraction of sp³-hybridized carbons (Fsp3) is 0.500. The molecule has 0 atom stereocenters. The molecule has 0 spiro atoms. The molecule has 4 heteroatoms. The molecular formula is C12H17N3O. The number of pyridine rings is 1. The number of nitrogens with zero attached hydrogens (tertiary/aromatic N) is 2. The maximum Gasteiger partial charge on any atom is 0.144 e. The van der Waals surface area contributed by atoms with Crippen molar-refractivity contribution in [2.45, 2.75) is 33.3 Å². The molecule has 4 nitrogen and oxygen atoms in total. The predicted molar refractivity (Wildman–Crippen MR) is 63.2 cm³/mol. The van der Waals surface area contributed by atoms with Gasteiger partial charge in [-0.1, -0.05) is 0 Å². The number of aromatic nitrogens is 1. The number of aryl methyl sites for hydroxylation is 2. The number of anilines is 1. The van der Waals surface area contributed by atoms with Crippen LogP contribution in [0, 0.1) is 25.2 Å². The second kappa shape index (κ2) is 4.50. The Morgan fingerprint density at radius 2 is 2.12 bits per heavy atom. The molecule has 86 valence electrons. The summed E-state index contributed by atoms with van der Waals surface area (Å²) in [5.74, 6) is 0.544. The van der Waals surface area contributed by atoms with Gasteiger partial charge in [-0.15, -0.1) is 0 Å². The molecule has 0 amide bonds. The first-order valence-corrected chi connectivity index (χ1v) is 5.18. The van der Waals surface area contributed by atoms with Crippen LogP contribution in [0.5, 0.6) is 0 Å². The van der Waals surface area contributed by atoms with Crippen molar-refractivity contribution in [2.24, 2.45) is 0 Å². The summed E-state index contributed by atoms with van der Waals surface area (Å²) in [4.78, 5) is 4.26. The van der Waals surface area contributed by atoms with Crippen molar-refractivity contribution in [1.29, 1.82) is 5.26 Å². The smallest absolute Gasteiger partial charge is 0.144 e. The van der Waals surface area contributed by atoms with Crippen LogP contribution in [-0.4, -0.2) is 22.2 Å². The van der Waals surface area contributed by atoms with Gasteiger partial charge < -0.3 is 10.4 Å². The molecule has 0 aromatic carbocycles. The van der Waals surface area contributed by atoms with Crippen LogP contribution in [0.15, 0.2) is 6.07 Å². The van der Waals surface area contributed by atoms with E-state index >= 15 is 0 Å². The second-order valence-electron chi connectivity index (χ2n) is 4.58. The molecule has 0 bridgehead atoms. The Labute approximate surface area is 95.9 Å². The average molecular weight is 219 g/mol. The third-order valence-electron chi connectivity index (χ3n) is 2.14. The minimum absolute atomic E-state index is 0.359. The summed E-state index contributed by atoms with van der Waals surface area (Å²) in [6, 6.07) is 3.99. The van der Waals surface area contributed by atoms with Crippen molar-refractivity contribution in [3.63, 3.8) is 0 Å². The highest BCUT2D eigenvalue weighted by Crippen LogP contribution is 2.18. The quantitative estimate of drug-likeness (QED) is 0.812. The fourth-order valence-corrected chi connectivity index (χ4v) is 1.41. The second-order valence-corrected chi connectivity index (χ2v) is 4.58. The summed E-state index contributed by atoms with van der Waals surface area (Å²) in [5.41, 5.74) is 1.46. The van der Waals surface area contributed by atoms with Crippen LogP contribution < -0.4 is 5.32 Å². The van der Waals surface area contributed by atoms with Gasteiger partial charge in [0.05, 0.1) is 11.2 Å². The lowest BCUT2D eigenvalue weighted by atomic mass is 10.1. The van der Waals surface area contributed by atoms with Gasteiger partial charge in [0.25, 0.3) is 0 Å². The van der Waals surface area contributed by atoms with E-state index in [0.29, 0.717) is 17.9 Å². The van der Waals surface area contributed by atoms with Gasteiger partial charge in [-0.2, -0.15) is 5.26 Å². The first-order valence-electron chi connectivity index (χ1n) is 5.18. The van der Waals surface area contributed by atoms with E-state index in [1.807, 2.05) is 19.9 Å². The molecule has 0 saturated heterocycles. The molecule has 1 rings (SSSR count). The zero-order valence-corrected chi connectivity index (χ0v) is 10.1. The van der Waals surface area contributed by atoms with Crippen LogP contribution >= 0.6 is 0 Å². The highest BCUT2D eigenvalue weighted by Gasteiger charge is 2.14. The molecule has 1 aromatic heterocycles. The summed E-state index contributed by atoms with van der Waals surface area (Å²) >= 11 is 0. The molecule has 0 fully saturated rings. The lowest BCUT2D eigenvalue weighted by molar-refractivity contribution is 0.0944. The molecule has 1 aromatic rings. The number of nitrogens with one attached hydrogen (secondary N) is 1. The van der Waals surface area contributed by atoms with Crippen molar-refractivity contribution in [3.05, 3.63) is 22.9 Å². The van der Waals surface area contributed by atoms with Gasteiger partial charge >= 0.3 is 0 Å². The normalized spacial score (nSPS) is 11.0. The van der Waals surface area contributed by atoms with E-state index in [1.54, 1.807) is 13.8 Å². The van der Waals surface area contributed by atoms with Crippen LogP contribution in [0.4, 0.5) is 5.82 Å². The van der Waals surface area contributed by atoms with Gasteiger partial charge in [0.1, 0.15) is 11.9 Å². The molecule has 2 N–H and O–H groups in total. The third kappa shape index (κ3) is 3.21. The molecule has 0 saturated carbocycles. The molecular weight excluding hydrogens is 202 g/mol. The van der Waals surface area contributed by atoms with E-state index in [4.69, 9.17) is 5.26 Å². The van der Waals surface area contributed by atoms with Crippen molar-refractivity contribution < 1.29 is 5.11 Å². The SMILES string of the molecule is Cc1cc(C)c(C#N)c(NCC(C)(C)O)n1. The third-order valence-corrected chi connectivity index (χ3v) is 2.14. The summed E-state index contributed by atoms with van der Waals surface area (Å²) in [6.45, 7) is 7.52. The Bertz CT molecular complexity index is 427. The largest absolute Gasteiger partial charge is 0.389 e. The van der Waals surface area contributed by atoms with Crippen molar-refractivity contribution in [3.8, 4) is 6.07 Å². The minimum atomic E-state index is -0.827. The molecule has 16 heavy (non-hydrogen) atoms. The number of hydrogen-bond acceptors (Lipinski definition) is 4. The summed E-state index contributed by atoms with van der Waals surface area (Å²) < 4.78 is 0. The van der Waals surface area contributed by atoms with Gasteiger partial charge in [0.2, 0.25) is 0 Å². The van der Waals surface area contributed by atoms with Crippen molar-refractivity contribution in [2.75, 3.05) is 11.9 Å². The topological polar surface area (TPSA) is 68.9 Å². The van der Waals surface area contributed by atoms with E-state index < -0.39 is 5.60 Å². The number of rotatable bonds is 3. The monoisotopic (exact) mass is 219 g/mol. The van der Waals surface area contributed by atoms with E-state index in [-0.39, 0.29) is 0 Å². The highest BCUT2D eigenvalue weighted by atomic mass is 16.3. The van der Waals surface area contributed by atoms with Crippen LogP contribution in [0.25, 0.3) is 0 Å². The fourth-order valence-electron chi connectivity index (χ4n) is 1.41. The van der Waals surface area contributed by atoms with E-state index in [9.17, 15) is 5.11 Å². The Hall–Kier alpha value is -1.60. The van der Waals surface area contributed by atoms with Crippen LogP contribution in [-0.2, 0) is 0 Å². The molecule has 0 aliphatic rings. The number of aliphatic hydroxyl groups is 1. The van der Waals surface area contributed by atoms with Gasteiger partial charge in [-0.05, 0) is 39.3 Å². The molecule has 0 aliphatic heterocycles. The first kappa shape index (κ1) is 12.5. The first-order chi connectivity index (χ1) is 7.33. The van der Waals surface area contributed by atoms with Crippen LogP contribution in [0.3, 0.4) is 0 Å². The van der Waals surface area contributed by atoms with Crippen LogP contribution in [0.1, 0.15) is 30.7 Å². The van der Waals surface area contributed by atoms with Crippen LogP contribution in [0.2, 0.25) is 0 Å². The van der Waals surface area contributed by atoms with E-state index in [1.165, 1.54) is 0 Å². The summed E-state index contributed by atoms with van der Waals surface area (Å²) in [6.07, 6.45) is 0. The number of hydrogen-bond donors (Lipinski definition) is 2. The Morgan fingerprint density at radius 1 is 1.50 bits per heavy atom. The number of nitriles is 1. The Balaban J connectivity index is 3.00. The Kier molecular flexibility index (Phi) is 3.51. The molecule has 0 unspecified atom stereocenters. The highest BCUT2D eigenvalue weighted by molar-refractivity contribution is 5.56. The van der Waals surface area contributed by atoms with Crippen molar-refractivity contribution in [1.82, 2.24) is 4.98 Å². The predicted octanol–water partition coefficient (Wildman–Crippen LogP) is 1.75. The van der Waals surface area contributed by atoms with Gasteiger partial charge in [0, 0.05) is 12.2 Å². The maximum atomic E-state index is 9.61. The maximum absolute atomic E-state index is 9.61. The summed E-state index contributed by atoms with van der Waals surface area (Å²) in [7, 11) is 0. The zero-order valence-electron chi connectivity index (χ0n) is 10.1. The van der Waals surface area contributed by atoms with E-state index in [2.05, 4.69) is 16.4 Å². The average Bonchev–Trinajstić information content (AvgIpc) is 2.12.